The molecule has 0 bridgehead atoms. The van der Waals surface area contributed by atoms with Gasteiger partial charge in [-0.15, -0.1) is 11.8 Å². The second-order valence-corrected chi connectivity index (χ2v) is 5.61. The topological polar surface area (TPSA) is 30.2 Å². The third-order valence-electron chi connectivity index (χ3n) is 3.08. The Kier molecular flexibility index (Phi) is 4.22. The molecule has 0 saturated carbocycles. The van der Waals surface area contributed by atoms with Gasteiger partial charge in [0.1, 0.15) is 5.58 Å². The summed E-state index contributed by atoms with van der Waals surface area (Å²) >= 11 is 1.90. The summed E-state index contributed by atoms with van der Waals surface area (Å²) in [7, 11) is 0. The third kappa shape index (κ3) is 3.44. The normalized spacial score (nSPS) is 12.4. The van der Waals surface area contributed by atoms with E-state index in [1.807, 2.05) is 30.0 Å². The quantitative estimate of drug-likeness (QED) is 0.568. The second kappa shape index (κ2) is 6.46. The molecule has 2 nitrogen and oxygen atoms in total. The van der Waals surface area contributed by atoms with Crippen LogP contribution in [0.5, 0.6) is 0 Å². The Hall–Kier alpha value is -2.26. The van der Waals surface area contributed by atoms with Gasteiger partial charge in [-0.1, -0.05) is 48.6 Å². The molecule has 0 aliphatic carbocycles. The molecule has 1 aliphatic heterocycles. The van der Waals surface area contributed by atoms with Crippen molar-refractivity contribution in [2.45, 2.75) is 4.90 Å². The van der Waals surface area contributed by atoms with Gasteiger partial charge in [0.25, 0.3) is 0 Å². The van der Waals surface area contributed by atoms with Crippen molar-refractivity contribution in [1.82, 2.24) is 0 Å². The lowest BCUT2D eigenvalue weighted by Gasteiger charge is -2.07. The molecular weight excluding hydrogens is 280 g/mol. The van der Waals surface area contributed by atoms with Crippen molar-refractivity contribution in [2.24, 2.45) is 0 Å². The maximum atomic E-state index is 10.7. The summed E-state index contributed by atoms with van der Waals surface area (Å²) in [6.45, 7) is 0. The molecule has 0 amide bonds. The van der Waals surface area contributed by atoms with E-state index in [4.69, 9.17) is 4.42 Å². The molecule has 3 heteroatoms. The lowest BCUT2D eigenvalue weighted by molar-refractivity contribution is 0.561. The zero-order chi connectivity index (χ0) is 14.5. The fraction of sp³-hybridized carbons (Fsp3) is 0.0556. The molecule has 2 aromatic carbocycles. The Morgan fingerprint density at radius 3 is 2.62 bits per heavy atom. The van der Waals surface area contributed by atoms with Crippen LogP contribution in [0.3, 0.4) is 0 Å². The first-order valence-corrected chi connectivity index (χ1v) is 7.69. The molecule has 2 heterocycles. The first kappa shape index (κ1) is 13.7. The summed E-state index contributed by atoms with van der Waals surface area (Å²) in [6, 6.07) is 19.1. The van der Waals surface area contributed by atoms with Crippen molar-refractivity contribution in [3.05, 3.63) is 82.7 Å². The van der Waals surface area contributed by atoms with Gasteiger partial charge in [-0.2, -0.15) is 0 Å². The molecule has 0 atom stereocenters. The highest BCUT2D eigenvalue weighted by Gasteiger charge is 2.01. The number of hydrogen-bond donors (Lipinski definition) is 0. The van der Waals surface area contributed by atoms with E-state index in [1.54, 1.807) is 12.1 Å². The Bertz CT molecular complexity index is 833. The zero-order valence-electron chi connectivity index (χ0n) is 11.4. The summed E-state index contributed by atoms with van der Waals surface area (Å²) in [4.78, 5) is 12.1. The minimum Gasteiger partial charge on any atom is -0.423 e. The van der Waals surface area contributed by atoms with Crippen molar-refractivity contribution >= 4 is 28.8 Å². The van der Waals surface area contributed by atoms with Crippen LogP contribution in [0.25, 0.3) is 17.0 Å². The summed E-state index contributed by atoms with van der Waals surface area (Å²) in [5.41, 5.74) is 1.70. The minimum absolute atomic E-state index is 0.302. The molecule has 0 N–H and O–H groups in total. The smallest absolute Gasteiger partial charge is 0.336 e. The average Bonchev–Trinajstić information content (AvgIpc) is 2.55. The Morgan fingerprint density at radius 2 is 1.71 bits per heavy atom. The van der Waals surface area contributed by atoms with Crippen LogP contribution in [0.1, 0.15) is 5.56 Å². The molecule has 21 heavy (non-hydrogen) atoms. The van der Waals surface area contributed by atoms with Gasteiger partial charge < -0.3 is 4.42 Å². The summed E-state index contributed by atoms with van der Waals surface area (Å²) in [6.07, 6.45) is 4.39. The van der Waals surface area contributed by atoms with Crippen molar-refractivity contribution in [1.29, 1.82) is 0 Å². The highest BCUT2D eigenvalue weighted by molar-refractivity contribution is 7.99. The van der Waals surface area contributed by atoms with Gasteiger partial charge in [0.2, 0.25) is 0 Å². The second-order valence-electron chi connectivity index (χ2n) is 4.54. The van der Waals surface area contributed by atoms with Crippen molar-refractivity contribution < 1.29 is 4.42 Å². The first-order valence-electron chi connectivity index (χ1n) is 6.70. The molecule has 4 rings (SSSR count). The summed E-state index contributed by atoms with van der Waals surface area (Å²) in [5, 5.41) is 0.951. The van der Waals surface area contributed by atoms with Crippen LogP contribution in [0.4, 0.5) is 0 Å². The van der Waals surface area contributed by atoms with E-state index in [2.05, 4.69) is 36.4 Å². The van der Waals surface area contributed by atoms with Crippen LogP contribution in [0.2, 0.25) is 0 Å². The molecule has 0 spiro atoms. The molecule has 3 aromatic rings. The van der Waals surface area contributed by atoms with Gasteiger partial charge >= 0.3 is 5.63 Å². The lowest BCUT2D eigenvalue weighted by Crippen LogP contribution is -1.93. The van der Waals surface area contributed by atoms with Crippen LogP contribution < -0.4 is 5.63 Å². The molecule has 0 fully saturated rings. The fourth-order valence-electron chi connectivity index (χ4n) is 2.07. The maximum Gasteiger partial charge on any atom is 0.336 e. The number of benzene rings is 2. The van der Waals surface area contributed by atoms with Crippen LogP contribution in [0, 0.1) is 0 Å². The van der Waals surface area contributed by atoms with Gasteiger partial charge in [-0.3, -0.25) is 0 Å². The monoisotopic (exact) mass is 294 g/mol. The van der Waals surface area contributed by atoms with Crippen molar-refractivity contribution in [3.63, 3.8) is 0 Å². The lowest BCUT2D eigenvalue weighted by atomic mass is 10.2. The summed E-state index contributed by atoms with van der Waals surface area (Å²) in [5.74, 6) is 1.12. The molecule has 1 aromatic heterocycles. The van der Waals surface area contributed by atoms with Crippen molar-refractivity contribution in [3.8, 4) is 0 Å². The van der Waals surface area contributed by atoms with E-state index >= 15 is 0 Å². The third-order valence-corrected chi connectivity index (χ3v) is 4.12. The van der Waals surface area contributed by atoms with E-state index in [-0.39, 0.29) is 5.63 Å². The minimum atomic E-state index is -0.302. The predicted molar refractivity (Wildman–Crippen MR) is 88.7 cm³/mol. The van der Waals surface area contributed by atoms with Gasteiger partial charge in [0, 0.05) is 22.1 Å². The molecule has 0 unspecified atom stereocenters. The van der Waals surface area contributed by atoms with E-state index in [9.17, 15) is 4.79 Å². The fourth-order valence-corrected chi connectivity index (χ4v) is 2.92. The van der Waals surface area contributed by atoms with Crippen LogP contribution in [-0.2, 0) is 0 Å². The number of fused-ring (bicyclic) bond motifs is 2. The number of hydrogen-bond acceptors (Lipinski definition) is 3. The Balaban J connectivity index is 0.000000126. The number of para-hydroxylation sites is 1. The average molecular weight is 294 g/mol. The number of thioether (sulfide) groups is 1. The Morgan fingerprint density at radius 1 is 0.905 bits per heavy atom. The SMILES string of the molecule is C1=Cc2ccccc2SC1.O=c1ccc2ccccc2o1. The molecule has 0 saturated heterocycles. The Labute approximate surface area is 127 Å². The van der Waals surface area contributed by atoms with Crippen LogP contribution in [-0.4, -0.2) is 5.75 Å². The first-order chi connectivity index (χ1) is 10.3. The van der Waals surface area contributed by atoms with Crippen LogP contribution >= 0.6 is 11.8 Å². The highest BCUT2D eigenvalue weighted by Crippen LogP contribution is 2.27. The van der Waals surface area contributed by atoms with E-state index in [0.29, 0.717) is 5.58 Å². The summed E-state index contributed by atoms with van der Waals surface area (Å²) < 4.78 is 4.91. The van der Waals surface area contributed by atoms with Crippen LogP contribution in [0.15, 0.2) is 80.8 Å². The highest BCUT2D eigenvalue weighted by atomic mass is 32.2. The molecule has 104 valence electrons. The number of rotatable bonds is 0. The van der Waals surface area contributed by atoms with Crippen molar-refractivity contribution in [2.75, 3.05) is 5.75 Å². The van der Waals surface area contributed by atoms with E-state index in [0.717, 1.165) is 11.1 Å². The molecular formula is C18H14O2S. The van der Waals surface area contributed by atoms with Gasteiger partial charge in [0.05, 0.1) is 0 Å². The predicted octanol–water partition coefficient (Wildman–Crippen LogP) is 4.60. The van der Waals surface area contributed by atoms with Gasteiger partial charge in [-0.05, 0) is 23.8 Å². The molecule has 1 aliphatic rings. The van der Waals surface area contributed by atoms with E-state index < -0.39 is 0 Å². The van der Waals surface area contributed by atoms with E-state index in [1.165, 1.54) is 16.5 Å². The zero-order valence-corrected chi connectivity index (χ0v) is 12.2. The molecule has 0 radical (unpaired) electrons. The standard InChI is InChI=1S/C9H6O2.C9H8S/c10-9-6-5-7-3-1-2-4-8(7)11-9;1-2-6-9-8(4-1)5-3-7-10-9/h1-6H;1-6H,7H2. The van der Waals surface area contributed by atoms with Gasteiger partial charge in [0.15, 0.2) is 0 Å². The van der Waals surface area contributed by atoms with Gasteiger partial charge in [-0.25, -0.2) is 4.79 Å². The largest absolute Gasteiger partial charge is 0.423 e. The maximum absolute atomic E-state index is 10.7.